The molecule has 74 valence electrons. The molecular weight excluding hydrogens is 176 g/mol. The van der Waals surface area contributed by atoms with Crippen LogP contribution in [0.5, 0.6) is 0 Å². The zero-order valence-electron chi connectivity index (χ0n) is 8.74. The van der Waals surface area contributed by atoms with Gasteiger partial charge in [0.25, 0.3) is 0 Å². The number of carbonyl (C=O) groups excluding carboxylic acids is 1. The first-order valence-corrected chi connectivity index (χ1v) is 4.56. The highest BCUT2D eigenvalue weighted by Gasteiger charge is 2.02. The first-order valence-electron chi connectivity index (χ1n) is 4.56. The molecule has 0 fully saturated rings. The van der Waals surface area contributed by atoms with Crippen LogP contribution in [-0.2, 0) is 11.2 Å². The summed E-state index contributed by atoms with van der Waals surface area (Å²) in [6.45, 7) is 5.50. The van der Waals surface area contributed by atoms with Gasteiger partial charge in [-0.05, 0) is 18.6 Å². The van der Waals surface area contributed by atoms with Gasteiger partial charge < -0.3 is 0 Å². The van der Waals surface area contributed by atoms with Gasteiger partial charge in [-0.25, -0.2) is 0 Å². The van der Waals surface area contributed by atoms with Crippen LogP contribution in [0, 0.1) is 11.3 Å². The Labute approximate surface area is 84.4 Å². The van der Waals surface area contributed by atoms with E-state index >= 15 is 0 Å². The van der Waals surface area contributed by atoms with Crippen molar-refractivity contribution in [2.75, 3.05) is 0 Å². The number of nitrogens with zero attached hydrogens (tertiary/aromatic N) is 2. The smallest absolute Gasteiger partial charge is 0.134 e. The fraction of sp³-hybridized carbons (Fsp3) is 0.364. The lowest BCUT2D eigenvalue weighted by Gasteiger charge is -1.97. The number of aromatic nitrogens is 1. The van der Waals surface area contributed by atoms with E-state index in [9.17, 15) is 4.79 Å². The average molecular weight is 190 g/mol. The van der Waals surface area contributed by atoms with Crippen molar-refractivity contribution in [1.82, 2.24) is 4.98 Å². The molecule has 3 nitrogen and oxygen atoms in total. The van der Waals surface area contributed by atoms with Gasteiger partial charge in [-0.15, -0.1) is 0 Å². The normalized spacial score (nSPS) is 8.14. The van der Waals surface area contributed by atoms with Crippen molar-refractivity contribution in [3.63, 3.8) is 0 Å². The van der Waals surface area contributed by atoms with Gasteiger partial charge in [-0.3, -0.25) is 9.78 Å². The fourth-order valence-electron chi connectivity index (χ4n) is 0.946. The van der Waals surface area contributed by atoms with Crippen LogP contribution in [0.3, 0.4) is 0 Å². The Bertz CT molecular complexity index is 339. The maximum atomic E-state index is 10.8. The quantitative estimate of drug-likeness (QED) is 0.717. The topological polar surface area (TPSA) is 53.8 Å². The van der Waals surface area contributed by atoms with Gasteiger partial charge in [0.05, 0.1) is 5.56 Å². The van der Waals surface area contributed by atoms with E-state index in [0.717, 1.165) is 5.56 Å². The largest absolute Gasteiger partial charge is 0.300 e. The summed E-state index contributed by atoms with van der Waals surface area (Å²) in [6, 6.07) is 3.68. The zero-order valence-corrected chi connectivity index (χ0v) is 8.74. The van der Waals surface area contributed by atoms with Crippen LogP contribution in [0.2, 0.25) is 0 Å². The molecular formula is C11H14N2O. The van der Waals surface area contributed by atoms with Crippen molar-refractivity contribution >= 4 is 5.78 Å². The van der Waals surface area contributed by atoms with Crippen LogP contribution in [0.4, 0.5) is 0 Å². The van der Waals surface area contributed by atoms with Crippen LogP contribution in [0.25, 0.3) is 0 Å². The second-order valence-electron chi connectivity index (χ2n) is 2.52. The molecule has 14 heavy (non-hydrogen) atoms. The van der Waals surface area contributed by atoms with Gasteiger partial charge in [-0.2, -0.15) is 5.26 Å². The van der Waals surface area contributed by atoms with Gasteiger partial charge in [0.15, 0.2) is 0 Å². The molecule has 0 amide bonds. The number of pyridine rings is 1. The molecule has 0 radical (unpaired) electrons. The van der Waals surface area contributed by atoms with E-state index in [4.69, 9.17) is 5.26 Å². The molecule has 0 aliphatic rings. The monoisotopic (exact) mass is 190 g/mol. The molecule has 0 aromatic carbocycles. The number of hydrogen-bond donors (Lipinski definition) is 0. The minimum atomic E-state index is 0.0534. The van der Waals surface area contributed by atoms with Gasteiger partial charge in [0, 0.05) is 18.8 Å². The fourth-order valence-corrected chi connectivity index (χ4v) is 0.946. The molecule has 0 bridgehead atoms. The lowest BCUT2D eigenvalue weighted by molar-refractivity contribution is -0.116. The lowest BCUT2D eigenvalue weighted by atomic mass is 10.1. The summed E-state index contributed by atoms with van der Waals surface area (Å²) in [5.74, 6) is 0.0534. The van der Waals surface area contributed by atoms with Crippen LogP contribution >= 0.6 is 0 Å². The standard InChI is InChI=1S/C9H8N2O.C2H6/c1-7(12)4-8-2-3-11-6-9(8)5-10;1-2/h2-3,6H,4H2,1H3;1-2H3. The Morgan fingerprint density at radius 1 is 1.57 bits per heavy atom. The molecule has 1 aromatic rings. The molecule has 0 unspecified atom stereocenters. The SMILES string of the molecule is CC.CC(=O)Cc1ccncc1C#N. The van der Waals surface area contributed by atoms with Gasteiger partial charge in [0.2, 0.25) is 0 Å². The highest BCUT2D eigenvalue weighted by Crippen LogP contribution is 2.05. The Morgan fingerprint density at radius 3 is 2.71 bits per heavy atom. The van der Waals surface area contributed by atoms with Crippen molar-refractivity contribution in [1.29, 1.82) is 5.26 Å². The minimum absolute atomic E-state index is 0.0534. The number of carbonyl (C=O) groups is 1. The van der Waals surface area contributed by atoms with Crippen LogP contribution in [0.1, 0.15) is 31.9 Å². The molecule has 0 spiro atoms. The third-order valence-corrected chi connectivity index (χ3v) is 1.47. The maximum Gasteiger partial charge on any atom is 0.134 e. The van der Waals surface area contributed by atoms with Gasteiger partial charge in [0.1, 0.15) is 11.9 Å². The van der Waals surface area contributed by atoms with E-state index in [1.54, 1.807) is 12.3 Å². The van der Waals surface area contributed by atoms with E-state index < -0.39 is 0 Å². The average Bonchev–Trinajstić information content (AvgIpc) is 2.21. The van der Waals surface area contributed by atoms with Crippen molar-refractivity contribution in [2.24, 2.45) is 0 Å². The number of hydrogen-bond acceptors (Lipinski definition) is 3. The third-order valence-electron chi connectivity index (χ3n) is 1.47. The second kappa shape index (κ2) is 6.79. The Balaban J connectivity index is 0.000000791. The van der Waals surface area contributed by atoms with Crippen LogP contribution in [-0.4, -0.2) is 10.8 Å². The van der Waals surface area contributed by atoms with E-state index in [-0.39, 0.29) is 5.78 Å². The number of ketones is 1. The molecule has 0 saturated heterocycles. The van der Waals surface area contributed by atoms with Crippen LogP contribution in [0.15, 0.2) is 18.5 Å². The summed E-state index contributed by atoms with van der Waals surface area (Å²) < 4.78 is 0. The summed E-state index contributed by atoms with van der Waals surface area (Å²) in [7, 11) is 0. The molecule has 1 aromatic heterocycles. The molecule has 3 heteroatoms. The molecule has 0 atom stereocenters. The summed E-state index contributed by atoms with van der Waals surface area (Å²) in [5.41, 5.74) is 1.23. The zero-order chi connectivity index (χ0) is 11.0. The van der Waals surface area contributed by atoms with E-state index in [0.29, 0.717) is 12.0 Å². The predicted octanol–water partition coefficient (Wildman–Crippen LogP) is 2.11. The molecule has 0 aliphatic carbocycles. The van der Waals surface area contributed by atoms with E-state index in [1.807, 2.05) is 19.9 Å². The lowest BCUT2D eigenvalue weighted by Crippen LogP contribution is -1.99. The second-order valence-corrected chi connectivity index (χ2v) is 2.52. The van der Waals surface area contributed by atoms with Crippen LogP contribution < -0.4 is 0 Å². The van der Waals surface area contributed by atoms with Crippen molar-refractivity contribution in [3.05, 3.63) is 29.6 Å². The Kier molecular flexibility index (Phi) is 5.97. The Morgan fingerprint density at radius 2 is 2.21 bits per heavy atom. The molecule has 0 N–H and O–H groups in total. The molecule has 0 saturated carbocycles. The Hall–Kier alpha value is -1.69. The third kappa shape index (κ3) is 3.81. The van der Waals surface area contributed by atoms with Gasteiger partial charge >= 0.3 is 0 Å². The van der Waals surface area contributed by atoms with Crippen molar-refractivity contribution in [2.45, 2.75) is 27.2 Å². The van der Waals surface area contributed by atoms with E-state index in [1.165, 1.54) is 13.1 Å². The first kappa shape index (κ1) is 12.3. The minimum Gasteiger partial charge on any atom is -0.300 e. The number of rotatable bonds is 2. The summed E-state index contributed by atoms with van der Waals surface area (Å²) in [6.07, 6.45) is 3.36. The number of nitriles is 1. The first-order chi connectivity index (χ1) is 6.74. The maximum absolute atomic E-state index is 10.8. The van der Waals surface area contributed by atoms with Gasteiger partial charge in [-0.1, -0.05) is 13.8 Å². The number of Topliss-reactive ketones (excluding diaryl/α,β-unsaturated/α-hetero) is 1. The van der Waals surface area contributed by atoms with Crippen molar-refractivity contribution in [3.8, 4) is 6.07 Å². The molecule has 0 aliphatic heterocycles. The summed E-state index contributed by atoms with van der Waals surface area (Å²) in [4.78, 5) is 14.5. The molecule has 1 heterocycles. The predicted molar refractivity (Wildman–Crippen MR) is 54.7 cm³/mol. The van der Waals surface area contributed by atoms with Crippen molar-refractivity contribution < 1.29 is 4.79 Å². The highest BCUT2D eigenvalue weighted by molar-refractivity contribution is 5.78. The highest BCUT2D eigenvalue weighted by atomic mass is 16.1. The summed E-state index contributed by atoms with van der Waals surface area (Å²) in [5, 5.41) is 8.63. The molecule has 1 rings (SSSR count). The van der Waals surface area contributed by atoms with E-state index in [2.05, 4.69) is 4.98 Å². The summed E-state index contributed by atoms with van der Waals surface area (Å²) >= 11 is 0.